The lowest BCUT2D eigenvalue weighted by Crippen LogP contribution is -2.26. The molecule has 2 aliphatic rings. The Kier molecular flexibility index (Phi) is 4.23. The fraction of sp³-hybridized carbons (Fsp3) is 0.381. The second-order valence-corrected chi connectivity index (χ2v) is 6.79. The first-order chi connectivity index (χ1) is 11.8. The van der Waals surface area contributed by atoms with Gasteiger partial charge >= 0.3 is 0 Å². The highest BCUT2D eigenvalue weighted by Crippen LogP contribution is 2.34. The van der Waals surface area contributed by atoms with Crippen molar-refractivity contribution in [2.24, 2.45) is 0 Å². The monoisotopic (exact) mass is 318 g/mol. The highest BCUT2D eigenvalue weighted by molar-refractivity contribution is 5.66. The van der Waals surface area contributed by atoms with Crippen molar-refractivity contribution in [2.75, 3.05) is 19.6 Å². The summed E-state index contributed by atoms with van der Waals surface area (Å²) >= 11 is 0. The zero-order valence-electron chi connectivity index (χ0n) is 13.9. The second kappa shape index (κ2) is 6.67. The van der Waals surface area contributed by atoms with Crippen LogP contribution in [0.4, 0.5) is 0 Å². The Morgan fingerprint density at radius 2 is 1.79 bits per heavy atom. The van der Waals surface area contributed by atoms with Crippen LogP contribution in [0.1, 0.15) is 30.4 Å². The minimum absolute atomic E-state index is 0.316. The molecule has 1 saturated heterocycles. The van der Waals surface area contributed by atoms with Crippen molar-refractivity contribution in [3.05, 3.63) is 53.6 Å². The van der Waals surface area contributed by atoms with Crippen LogP contribution in [0.5, 0.6) is 5.75 Å². The van der Waals surface area contributed by atoms with Crippen molar-refractivity contribution in [3.63, 3.8) is 0 Å². The van der Waals surface area contributed by atoms with Crippen molar-refractivity contribution < 1.29 is 4.74 Å². The van der Waals surface area contributed by atoms with Crippen LogP contribution in [-0.2, 0) is 6.42 Å². The highest BCUT2D eigenvalue weighted by atomic mass is 16.5. The lowest BCUT2D eigenvalue weighted by Gasteiger charge is -2.17. The number of hydrogen-bond acceptors (Lipinski definition) is 3. The van der Waals surface area contributed by atoms with Gasteiger partial charge in [-0.1, -0.05) is 18.2 Å². The molecule has 2 aliphatic heterocycles. The molecule has 0 saturated carbocycles. The van der Waals surface area contributed by atoms with Crippen LogP contribution >= 0.6 is 0 Å². The maximum Gasteiger partial charge on any atom is 0.123 e. The van der Waals surface area contributed by atoms with E-state index in [1.54, 1.807) is 0 Å². The van der Waals surface area contributed by atoms with E-state index in [-0.39, 0.29) is 0 Å². The number of benzene rings is 2. The van der Waals surface area contributed by atoms with Gasteiger partial charge in [-0.15, -0.1) is 0 Å². The molecular formula is C21H22N2O. The summed E-state index contributed by atoms with van der Waals surface area (Å²) in [5.41, 5.74) is 4.35. The van der Waals surface area contributed by atoms with Crippen LogP contribution < -0.4 is 4.74 Å². The van der Waals surface area contributed by atoms with E-state index in [4.69, 9.17) is 10.00 Å². The number of fused-ring (bicyclic) bond motifs is 1. The molecule has 3 nitrogen and oxygen atoms in total. The number of likely N-dealkylation sites (tertiary alicyclic amines) is 1. The van der Waals surface area contributed by atoms with Gasteiger partial charge in [0.05, 0.1) is 11.6 Å². The molecule has 0 radical (unpaired) electrons. The third-order valence-electron chi connectivity index (χ3n) is 5.12. The van der Waals surface area contributed by atoms with E-state index in [0.717, 1.165) is 30.7 Å². The Bertz CT molecular complexity index is 754. The van der Waals surface area contributed by atoms with Gasteiger partial charge in [0.1, 0.15) is 11.9 Å². The molecule has 2 aromatic carbocycles. The van der Waals surface area contributed by atoms with Gasteiger partial charge < -0.3 is 9.64 Å². The second-order valence-electron chi connectivity index (χ2n) is 6.79. The van der Waals surface area contributed by atoms with E-state index in [2.05, 4.69) is 29.2 Å². The smallest absolute Gasteiger partial charge is 0.123 e. The van der Waals surface area contributed by atoms with E-state index in [0.29, 0.717) is 11.7 Å². The maximum atomic E-state index is 8.91. The molecule has 0 aromatic heterocycles. The van der Waals surface area contributed by atoms with E-state index in [1.165, 1.54) is 37.1 Å². The van der Waals surface area contributed by atoms with E-state index in [9.17, 15) is 0 Å². The van der Waals surface area contributed by atoms with Gasteiger partial charge in [0, 0.05) is 13.0 Å². The topological polar surface area (TPSA) is 36.3 Å². The van der Waals surface area contributed by atoms with Gasteiger partial charge in [0.2, 0.25) is 0 Å². The maximum absolute atomic E-state index is 8.91. The first-order valence-corrected chi connectivity index (χ1v) is 8.84. The van der Waals surface area contributed by atoms with Crippen LogP contribution in [0.2, 0.25) is 0 Å². The SMILES string of the molecule is N#Cc1ccc(-c2ccc3c(c2)CC(CCN2CCCC2)O3)cc1. The summed E-state index contributed by atoms with van der Waals surface area (Å²) in [5, 5.41) is 8.91. The molecule has 3 heteroatoms. The normalized spacial score (nSPS) is 19.7. The molecule has 2 heterocycles. The predicted octanol–water partition coefficient (Wildman–Crippen LogP) is 4.01. The number of ether oxygens (including phenoxy) is 1. The Hall–Kier alpha value is -2.31. The lowest BCUT2D eigenvalue weighted by atomic mass is 9.99. The van der Waals surface area contributed by atoms with Crippen LogP contribution in [0, 0.1) is 11.3 Å². The fourth-order valence-electron chi connectivity index (χ4n) is 3.73. The Morgan fingerprint density at radius 3 is 2.54 bits per heavy atom. The van der Waals surface area contributed by atoms with Crippen LogP contribution in [0.3, 0.4) is 0 Å². The summed E-state index contributed by atoms with van der Waals surface area (Å²) in [6.45, 7) is 3.66. The zero-order valence-corrected chi connectivity index (χ0v) is 13.9. The molecule has 1 fully saturated rings. The van der Waals surface area contributed by atoms with Crippen molar-refractivity contribution in [2.45, 2.75) is 31.8 Å². The molecule has 2 aromatic rings. The summed E-state index contributed by atoms with van der Waals surface area (Å²) in [7, 11) is 0. The van der Waals surface area contributed by atoms with Crippen LogP contribution in [0.25, 0.3) is 11.1 Å². The molecule has 0 bridgehead atoms. The van der Waals surface area contributed by atoms with Gasteiger partial charge in [-0.3, -0.25) is 0 Å². The molecule has 1 atom stereocenters. The summed E-state index contributed by atoms with van der Waals surface area (Å²) in [6, 6.07) is 16.4. The highest BCUT2D eigenvalue weighted by Gasteiger charge is 2.24. The third kappa shape index (κ3) is 3.16. The average Bonchev–Trinajstić information content (AvgIpc) is 3.28. The molecule has 0 amide bonds. The van der Waals surface area contributed by atoms with Gasteiger partial charge in [-0.05, 0) is 73.3 Å². The Balaban J connectivity index is 1.43. The van der Waals surface area contributed by atoms with Crippen molar-refractivity contribution in [1.29, 1.82) is 5.26 Å². The fourth-order valence-corrected chi connectivity index (χ4v) is 3.73. The largest absolute Gasteiger partial charge is 0.490 e. The molecular weight excluding hydrogens is 296 g/mol. The Morgan fingerprint density at radius 1 is 1.04 bits per heavy atom. The first kappa shape index (κ1) is 15.2. The van der Waals surface area contributed by atoms with E-state index < -0.39 is 0 Å². The van der Waals surface area contributed by atoms with E-state index >= 15 is 0 Å². The molecule has 0 N–H and O–H groups in total. The summed E-state index contributed by atoms with van der Waals surface area (Å²) in [6.07, 6.45) is 5.13. The summed E-state index contributed by atoms with van der Waals surface area (Å²) in [5.74, 6) is 1.04. The van der Waals surface area contributed by atoms with Crippen molar-refractivity contribution >= 4 is 0 Å². The first-order valence-electron chi connectivity index (χ1n) is 8.84. The van der Waals surface area contributed by atoms with Gasteiger partial charge in [-0.2, -0.15) is 5.26 Å². The summed E-state index contributed by atoms with van der Waals surface area (Å²) in [4.78, 5) is 2.55. The number of hydrogen-bond donors (Lipinski definition) is 0. The predicted molar refractivity (Wildman–Crippen MR) is 95.0 cm³/mol. The Labute approximate surface area is 143 Å². The van der Waals surface area contributed by atoms with E-state index in [1.807, 2.05) is 24.3 Å². The number of nitrogens with zero attached hydrogens (tertiary/aromatic N) is 2. The minimum Gasteiger partial charge on any atom is -0.490 e. The number of nitriles is 1. The van der Waals surface area contributed by atoms with Gasteiger partial charge in [0.15, 0.2) is 0 Å². The van der Waals surface area contributed by atoms with Gasteiger partial charge in [0.25, 0.3) is 0 Å². The van der Waals surface area contributed by atoms with Crippen molar-refractivity contribution in [1.82, 2.24) is 4.90 Å². The zero-order chi connectivity index (χ0) is 16.4. The standard InChI is InChI=1S/C21H22N2O/c22-15-16-3-5-17(6-4-16)18-7-8-21-19(13-18)14-20(24-21)9-12-23-10-1-2-11-23/h3-8,13,20H,1-2,9-12,14H2. The molecule has 1 unspecified atom stereocenters. The number of rotatable bonds is 4. The van der Waals surface area contributed by atoms with Crippen molar-refractivity contribution in [3.8, 4) is 22.9 Å². The van der Waals surface area contributed by atoms with Gasteiger partial charge in [-0.25, -0.2) is 0 Å². The molecule has 4 rings (SSSR count). The molecule has 122 valence electrons. The minimum atomic E-state index is 0.316. The quantitative estimate of drug-likeness (QED) is 0.854. The third-order valence-corrected chi connectivity index (χ3v) is 5.12. The van der Waals surface area contributed by atoms with Crippen LogP contribution in [-0.4, -0.2) is 30.6 Å². The summed E-state index contributed by atoms with van der Waals surface area (Å²) < 4.78 is 6.12. The average molecular weight is 318 g/mol. The molecule has 0 aliphatic carbocycles. The molecule has 24 heavy (non-hydrogen) atoms. The van der Waals surface area contributed by atoms with Crippen LogP contribution in [0.15, 0.2) is 42.5 Å². The molecule has 0 spiro atoms. The lowest BCUT2D eigenvalue weighted by molar-refractivity contribution is 0.194.